The number of carbonyl (C=O) groups is 1. The minimum Gasteiger partial charge on any atom is -0.461 e. The van der Waals surface area contributed by atoms with Crippen LogP contribution in [0.5, 0.6) is 0 Å². The number of hydrogen-bond acceptors (Lipinski definition) is 5. The highest BCUT2D eigenvalue weighted by atomic mass is 16.3. The Morgan fingerprint density at radius 3 is 2.71 bits per heavy atom. The Hall–Kier alpha value is -3.02. The van der Waals surface area contributed by atoms with Crippen LogP contribution in [0.2, 0.25) is 0 Å². The van der Waals surface area contributed by atoms with Crippen molar-refractivity contribution in [1.82, 2.24) is 15.0 Å². The van der Waals surface area contributed by atoms with Crippen LogP contribution in [-0.2, 0) is 4.79 Å². The standard InChI is InChI=1S/C15H12N4O2/c1-10(20)17-14-9-12(11-5-2-3-7-16-11)18-15(19-14)13-6-4-8-21-13/h2-9H,1H3,(H,17,18,19,20). The van der Waals surface area contributed by atoms with Gasteiger partial charge in [-0.3, -0.25) is 9.78 Å². The molecule has 21 heavy (non-hydrogen) atoms. The quantitative estimate of drug-likeness (QED) is 0.797. The molecule has 1 amide bonds. The third kappa shape index (κ3) is 2.94. The molecule has 0 atom stereocenters. The molecule has 0 radical (unpaired) electrons. The van der Waals surface area contributed by atoms with E-state index in [2.05, 4.69) is 20.3 Å². The summed E-state index contributed by atoms with van der Waals surface area (Å²) in [5, 5.41) is 2.66. The smallest absolute Gasteiger partial charge is 0.222 e. The molecule has 3 heterocycles. The summed E-state index contributed by atoms with van der Waals surface area (Å²) in [7, 11) is 0. The number of furan rings is 1. The molecule has 6 heteroatoms. The van der Waals surface area contributed by atoms with Crippen molar-refractivity contribution >= 4 is 11.7 Å². The van der Waals surface area contributed by atoms with E-state index >= 15 is 0 Å². The van der Waals surface area contributed by atoms with Gasteiger partial charge in [-0.1, -0.05) is 6.07 Å². The number of rotatable bonds is 3. The maximum atomic E-state index is 11.2. The lowest BCUT2D eigenvalue weighted by atomic mass is 10.2. The number of aromatic nitrogens is 3. The SMILES string of the molecule is CC(=O)Nc1cc(-c2ccccn2)nc(-c2ccco2)n1. The van der Waals surface area contributed by atoms with Gasteiger partial charge in [-0.2, -0.15) is 0 Å². The Labute approximate surface area is 120 Å². The summed E-state index contributed by atoms with van der Waals surface area (Å²) in [6, 6.07) is 10.7. The molecule has 0 aromatic carbocycles. The predicted octanol–water partition coefficient (Wildman–Crippen LogP) is 2.76. The van der Waals surface area contributed by atoms with E-state index in [1.807, 2.05) is 18.2 Å². The van der Waals surface area contributed by atoms with Crippen molar-refractivity contribution in [3.63, 3.8) is 0 Å². The minimum absolute atomic E-state index is 0.203. The molecule has 0 fully saturated rings. The van der Waals surface area contributed by atoms with Gasteiger partial charge in [-0.25, -0.2) is 9.97 Å². The van der Waals surface area contributed by atoms with E-state index in [4.69, 9.17) is 4.42 Å². The number of nitrogens with zero attached hydrogens (tertiary/aromatic N) is 3. The molecule has 0 aliphatic rings. The van der Waals surface area contributed by atoms with Crippen LogP contribution in [0.1, 0.15) is 6.92 Å². The van der Waals surface area contributed by atoms with E-state index in [-0.39, 0.29) is 5.91 Å². The normalized spacial score (nSPS) is 10.3. The van der Waals surface area contributed by atoms with Crippen LogP contribution < -0.4 is 5.32 Å². The Morgan fingerprint density at radius 2 is 2.05 bits per heavy atom. The van der Waals surface area contributed by atoms with Gasteiger partial charge in [0.1, 0.15) is 5.82 Å². The summed E-state index contributed by atoms with van der Waals surface area (Å²) < 4.78 is 5.31. The van der Waals surface area contributed by atoms with Crippen LogP contribution in [0.4, 0.5) is 5.82 Å². The van der Waals surface area contributed by atoms with Gasteiger partial charge >= 0.3 is 0 Å². The van der Waals surface area contributed by atoms with Crippen LogP contribution in [0.15, 0.2) is 53.3 Å². The zero-order valence-corrected chi connectivity index (χ0v) is 11.3. The predicted molar refractivity (Wildman–Crippen MR) is 77.3 cm³/mol. The first-order valence-electron chi connectivity index (χ1n) is 6.34. The number of nitrogens with one attached hydrogen (secondary N) is 1. The van der Waals surface area contributed by atoms with Crippen molar-refractivity contribution in [2.24, 2.45) is 0 Å². The Bertz CT molecular complexity index is 755. The lowest BCUT2D eigenvalue weighted by Gasteiger charge is -2.06. The monoisotopic (exact) mass is 280 g/mol. The van der Waals surface area contributed by atoms with Crippen LogP contribution >= 0.6 is 0 Å². The van der Waals surface area contributed by atoms with Crippen molar-refractivity contribution in [3.8, 4) is 23.0 Å². The molecule has 0 aliphatic heterocycles. The second-order valence-corrected chi connectivity index (χ2v) is 4.34. The molecule has 6 nitrogen and oxygen atoms in total. The second-order valence-electron chi connectivity index (χ2n) is 4.34. The fourth-order valence-corrected chi connectivity index (χ4v) is 1.85. The molecule has 3 rings (SSSR count). The van der Waals surface area contributed by atoms with Crippen LogP contribution in [0.25, 0.3) is 23.0 Å². The molecule has 0 saturated heterocycles. The Kier molecular flexibility index (Phi) is 3.42. The topological polar surface area (TPSA) is 80.9 Å². The minimum atomic E-state index is -0.203. The highest BCUT2D eigenvalue weighted by Crippen LogP contribution is 2.23. The maximum Gasteiger partial charge on any atom is 0.222 e. The van der Waals surface area contributed by atoms with Gasteiger partial charge in [0.2, 0.25) is 5.91 Å². The molecule has 1 N–H and O–H groups in total. The number of carbonyl (C=O) groups excluding carboxylic acids is 1. The molecular formula is C15H12N4O2. The fourth-order valence-electron chi connectivity index (χ4n) is 1.85. The average molecular weight is 280 g/mol. The van der Waals surface area contributed by atoms with Gasteiger partial charge in [0.25, 0.3) is 0 Å². The molecule has 104 valence electrons. The van der Waals surface area contributed by atoms with Crippen molar-refractivity contribution in [3.05, 3.63) is 48.9 Å². The van der Waals surface area contributed by atoms with E-state index in [0.717, 1.165) is 0 Å². The lowest BCUT2D eigenvalue weighted by Crippen LogP contribution is -2.09. The second kappa shape index (κ2) is 5.54. The first-order valence-corrected chi connectivity index (χ1v) is 6.34. The number of hydrogen-bond donors (Lipinski definition) is 1. The summed E-state index contributed by atoms with van der Waals surface area (Å²) in [5.74, 6) is 1.13. The summed E-state index contributed by atoms with van der Waals surface area (Å²) in [5.41, 5.74) is 1.31. The summed E-state index contributed by atoms with van der Waals surface area (Å²) in [6.07, 6.45) is 3.23. The molecule has 0 bridgehead atoms. The maximum absolute atomic E-state index is 11.2. The highest BCUT2D eigenvalue weighted by Gasteiger charge is 2.11. The van der Waals surface area contributed by atoms with Gasteiger partial charge in [-0.05, 0) is 24.3 Å². The van der Waals surface area contributed by atoms with Crippen LogP contribution in [-0.4, -0.2) is 20.9 Å². The highest BCUT2D eigenvalue weighted by molar-refractivity contribution is 5.88. The molecule has 3 aromatic heterocycles. The van der Waals surface area contributed by atoms with E-state index < -0.39 is 0 Å². The van der Waals surface area contributed by atoms with Gasteiger partial charge < -0.3 is 9.73 Å². The van der Waals surface area contributed by atoms with Gasteiger partial charge in [0.05, 0.1) is 17.7 Å². The van der Waals surface area contributed by atoms with Gasteiger partial charge in [0.15, 0.2) is 11.6 Å². The largest absolute Gasteiger partial charge is 0.461 e. The van der Waals surface area contributed by atoms with E-state index in [0.29, 0.717) is 28.8 Å². The van der Waals surface area contributed by atoms with E-state index in [1.54, 1.807) is 30.7 Å². The lowest BCUT2D eigenvalue weighted by molar-refractivity contribution is -0.114. The molecule has 0 saturated carbocycles. The van der Waals surface area contributed by atoms with Gasteiger partial charge in [0, 0.05) is 19.2 Å². The molecule has 0 aliphatic carbocycles. The first-order chi connectivity index (χ1) is 10.2. The third-order valence-corrected chi connectivity index (χ3v) is 2.70. The van der Waals surface area contributed by atoms with Crippen LogP contribution in [0, 0.1) is 0 Å². The first kappa shape index (κ1) is 13.0. The molecule has 3 aromatic rings. The number of anilines is 1. The Balaban J connectivity index is 2.11. The van der Waals surface area contributed by atoms with Crippen molar-refractivity contribution < 1.29 is 9.21 Å². The van der Waals surface area contributed by atoms with Crippen molar-refractivity contribution in [1.29, 1.82) is 0 Å². The number of pyridine rings is 1. The van der Waals surface area contributed by atoms with Crippen LogP contribution in [0.3, 0.4) is 0 Å². The van der Waals surface area contributed by atoms with E-state index in [9.17, 15) is 4.79 Å². The summed E-state index contributed by atoms with van der Waals surface area (Å²) >= 11 is 0. The summed E-state index contributed by atoms with van der Waals surface area (Å²) in [4.78, 5) is 24.2. The van der Waals surface area contributed by atoms with Crippen molar-refractivity contribution in [2.75, 3.05) is 5.32 Å². The average Bonchev–Trinajstić information content (AvgIpc) is 3.01. The van der Waals surface area contributed by atoms with Crippen molar-refractivity contribution in [2.45, 2.75) is 6.92 Å². The Morgan fingerprint density at radius 1 is 1.14 bits per heavy atom. The molecule has 0 unspecified atom stereocenters. The molecular weight excluding hydrogens is 268 g/mol. The van der Waals surface area contributed by atoms with Gasteiger partial charge in [-0.15, -0.1) is 0 Å². The zero-order chi connectivity index (χ0) is 14.7. The fraction of sp³-hybridized carbons (Fsp3) is 0.0667. The third-order valence-electron chi connectivity index (χ3n) is 2.70. The zero-order valence-electron chi connectivity index (χ0n) is 11.3. The molecule has 0 spiro atoms. The van der Waals surface area contributed by atoms with E-state index in [1.165, 1.54) is 6.92 Å². The summed E-state index contributed by atoms with van der Waals surface area (Å²) in [6.45, 7) is 1.43. The number of amides is 1.